The minimum Gasteiger partial charge on any atom is -0.505 e. The fourth-order valence-corrected chi connectivity index (χ4v) is 4.04. The van der Waals surface area contributed by atoms with Crippen molar-refractivity contribution in [1.82, 2.24) is 15.0 Å². The van der Waals surface area contributed by atoms with E-state index in [2.05, 4.69) is 10.2 Å². The maximum absolute atomic E-state index is 11.5. The van der Waals surface area contributed by atoms with E-state index in [9.17, 15) is 15.0 Å². The number of nitrogens with zero attached hydrogens (tertiary/aromatic N) is 3. The lowest BCUT2D eigenvalue weighted by molar-refractivity contribution is -0.141. The topological polar surface area (TPSA) is 88.2 Å². The summed E-state index contributed by atoms with van der Waals surface area (Å²) in [6, 6.07) is 18.7. The zero-order valence-electron chi connectivity index (χ0n) is 18.1. The van der Waals surface area contributed by atoms with Crippen LogP contribution in [-0.2, 0) is 16.6 Å². The first-order chi connectivity index (χ1) is 15.2. The van der Waals surface area contributed by atoms with Gasteiger partial charge in [0.2, 0.25) is 0 Å². The third-order valence-electron chi connectivity index (χ3n) is 5.84. The molecule has 0 aliphatic carbocycles. The van der Waals surface area contributed by atoms with Crippen molar-refractivity contribution in [3.05, 3.63) is 82.4 Å². The quantitative estimate of drug-likeness (QED) is 0.413. The second-order valence-electron chi connectivity index (χ2n) is 8.57. The molecule has 164 valence electrons. The number of fused-ring (bicyclic) bond motifs is 1. The molecule has 0 saturated heterocycles. The van der Waals surface area contributed by atoms with Crippen LogP contribution in [0.1, 0.15) is 37.5 Å². The fourth-order valence-electron chi connectivity index (χ4n) is 3.87. The number of rotatable bonds is 6. The molecule has 3 aromatic carbocycles. The molecule has 0 bridgehead atoms. The van der Waals surface area contributed by atoms with Gasteiger partial charge in [0.25, 0.3) is 0 Å². The first-order valence-corrected chi connectivity index (χ1v) is 10.7. The van der Waals surface area contributed by atoms with Gasteiger partial charge in [0.05, 0.1) is 5.92 Å². The second kappa shape index (κ2) is 8.28. The Hall–Kier alpha value is -3.38. The maximum atomic E-state index is 11.5. The Kier molecular flexibility index (Phi) is 5.65. The summed E-state index contributed by atoms with van der Waals surface area (Å²) in [7, 11) is 0. The molecule has 1 atom stereocenters. The van der Waals surface area contributed by atoms with Crippen LogP contribution in [0.15, 0.2) is 60.7 Å². The summed E-state index contributed by atoms with van der Waals surface area (Å²) in [4.78, 5) is 12.9. The van der Waals surface area contributed by atoms with Crippen molar-refractivity contribution in [2.75, 3.05) is 0 Å². The number of aromatic nitrogens is 3. The molecule has 7 heteroatoms. The first kappa shape index (κ1) is 21.8. The molecule has 0 saturated carbocycles. The van der Waals surface area contributed by atoms with E-state index in [0.717, 1.165) is 11.1 Å². The van der Waals surface area contributed by atoms with Crippen LogP contribution in [0, 0.1) is 5.92 Å². The van der Waals surface area contributed by atoms with Gasteiger partial charge in [-0.1, -0.05) is 68.8 Å². The minimum atomic E-state index is -0.874. The molecule has 1 aromatic heterocycles. The number of carboxylic acid groups (broad SMARTS) is 1. The molecule has 0 radical (unpaired) electrons. The van der Waals surface area contributed by atoms with Gasteiger partial charge in [0.15, 0.2) is 0 Å². The van der Waals surface area contributed by atoms with Crippen LogP contribution in [0.3, 0.4) is 0 Å². The van der Waals surface area contributed by atoms with Crippen molar-refractivity contribution in [2.45, 2.75) is 32.6 Å². The highest BCUT2D eigenvalue weighted by atomic mass is 35.5. The smallest absolute Gasteiger partial charge is 0.306 e. The van der Waals surface area contributed by atoms with Crippen molar-refractivity contribution < 1.29 is 15.0 Å². The number of benzene rings is 3. The lowest BCUT2D eigenvalue weighted by Gasteiger charge is -2.28. The average Bonchev–Trinajstić information content (AvgIpc) is 3.18. The zero-order valence-corrected chi connectivity index (χ0v) is 18.8. The summed E-state index contributed by atoms with van der Waals surface area (Å²) in [6.07, 6.45) is 0.313. The number of hydrogen-bond donors (Lipinski definition) is 2. The molecular formula is C25H24ClN3O3. The van der Waals surface area contributed by atoms with Crippen molar-refractivity contribution in [2.24, 2.45) is 5.92 Å². The summed E-state index contributed by atoms with van der Waals surface area (Å²) < 4.78 is 0. The van der Waals surface area contributed by atoms with Crippen molar-refractivity contribution >= 4 is 28.6 Å². The van der Waals surface area contributed by atoms with Gasteiger partial charge >= 0.3 is 5.97 Å². The Morgan fingerprint density at radius 3 is 2.44 bits per heavy atom. The number of carboxylic acids is 1. The summed E-state index contributed by atoms with van der Waals surface area (Å²) in [5.74, 6) is -1.40. The Morgan fingerprint density at radius 2 is 1.75 bits per heavy atom. The second-order valence-corrected chi connectivity index (χ2v) is 9.00. The number of aromatic hydroxyl groups is 1. The number of carbonyl (C=O) groups is 1. The van der Waals surface area contributed by atoms with Crippen molar-refractivity contribution in [3.8, 4) is 11.4 Å². The van der Waals surface area contributed by atoms with Gasteiger partial charge in [-0.05, 0) is 41.8 Å². The Balaban J connectivity index is 1.92. The number of phenolic OH excluding ortho intramolecular Hbond substituents is 1. The number of halogens is 1. The Bertz CT molecular complexity index is 1300. The van der Waals surface area contributed by atoms with Crippen LogP contribution in [0.2, 0.25) is 5.02 Å². The van der Waals surface area contributed by atoms with E-state index in [-0.39, 0.29) is 5.75 Å². The van der Waals surface area contributed by atoms with E-state index in [1.165, 1.54) is 4.80 Å². The van der Waals surface area contributed by atoms with Crippen molar-refractivity contribution in [3.63, 3.8) is 0 Å². The molecule has 4 rings (SSSR count). The maximum Gasteiger partial charge on any atom is 0.306 e. The standard InChI is InChI=1S/C25H24ClN3O3/c1-15(24(31)32)11-16-12-19(25(2,3)17-7-5-4-6-8-17)23(30)22(13-16)29-27-20-10-9-18(26)14-21(20)28-29/h4-10,12-15,30H,11H2,1-3H3,(H,31,32). The van der Waals surface area contributed by atoms with Gasteiger partial charge in [-0.2, -0.15) is 0 Å². The molecule has 32 heavy (non-hydrogen) atoms. The molecule has 0 fully saturated rings. The number of phenols is 1. The predicted octanol–water partition coefficient (Wildman–Crippen LogP) is 5.37. The molecule has 1 heterocycles. The molecule has 2 N–H and O–H groups in total. The molecule has 0 aliphatic rings. The van der Waals surface area contributed by atoms with Gasteiger partial charge in [-0.15, -0.1) is 15.0 Å². The van der Waals surface area contributed by atoms with Crippen LogP contribution in [0.4, 0.5) is 0 Å². The Morgan fingerprint density at radius 1 is 1.06 bits per heavy atom. The minimum absolute atomic E-state index is 0.0528. The number of aliphatic carboxylic acids is 1. The molecule has 1 unspecified atom stereocenters. The van der Waals surface area contributed by atoms with E-state index >= 15 is 0 Å². The van der Waals surface area contributed by atoms with Gasteiger partial charge in [0.1, 0.15) is 22.5 Å². The average molecular weight is 450 g/mol. The predicted molar refractivity (Wildman–Crippen MR) is 125 cm³/mol. The summed E-state index contributed by atoms with van der Waals surface area (Å²) in [5, 5.41) is 30.3. The monoisotopic (exact) mass is 449 g/mol. The first-order valence-electron chi connectivity index (χ1n) is 10.3. The van der Waals surface area contributed by atoms with E-state index in [4.69, 9.17) is 11.6 Å². The third-order valence-corrected chi connectivity index (χ3v) is 6.07. The van der Waals surface area contributed by atoms with E-state index in [1.807, 2.05) is 50.2 Å². The molecular weight excluding hydrogens is 426 g/mol. The van der Waals surface area contributed by atoms with Crippen LogP contribution >= 0.6 is 11.6 Å². The van der Waals surface area contributed by atoms with Crippen LogP contribution in [0.5, 0.6) is 5.75 Å². The third kappa shape index (κ3) is 4.06. The van der Waals surface area contributed by atoms with Gasteiger partial charge in [-0.25, -0.2) is 0 Å². The zero-order chi connectivity index (χ0) is 23.0. The van der Waals surface area contributed by atoms with E-state index in [1.54, 1.807) is 31.2 Å². The number of hydrogen-bond acceptors (Lipinski definition) is 4. The van der Waals surface area contributed by atoms with Gasteiger partial charge < -0.3 is 10.2 Å². The van der Waals surface area contributed by atoms with Crippen LogP contribution in [0.25, 0.3) is 16.7 Å². The van der Waals surface area contributed by atoms with Gasteiger partial charge in [0, 0.05) is 16.0 Å². The molecule has 0 spiro atoms. The summed E-state index contributed by atoms with van der Waals surface area (Å²) >= 11 is 6.09. The lowest BCUT2D eigenvalue weighted by Crippen LogP contribution is -2.21. The van der Waals surface area contributed by atoms with Crippen LogP contribution < -0.4 is 0 Å². The van der Waals surface area contributed by atoms with Crippen molar-refractivity contribution in [1.29, 1.82) is 0 Å². The lowest BCUT2D eigenvalue weighted by atomic mass is 9.76. The van der Waals surface area contributed by atoms with E-state index < -0.39 is 17.3 Å². The molecule has 0 aliphatic heterocycles. The summed E-state index contributed by atoms with van der Waals surface area (Å²) in [6.45, 7) is 5.72. The highest BCUT2D eigenvalue weighted by Gasteiger charge is 2.29. The highest BCUT2D eigenvalue weighted by molar-refractivity contribution is 6.31. The van der Waals surface area contributed by atoms with E-state index in [0.29, 0.717) is 33.7 Å². The molecule has 0 amide bonds. The SMILES string of the molecule is CC(Cc1cc(-n2nc3ccc(Cl)cc3n2)c(O)c(C(C)(C)c2ccccc2)c1)C(=O)O. The van der Waals surface area contributed by atoms with Crippen LogP contribution in [-0.4, -0.2) is 31.2 Å². The largest absolute Gasteiger partial charge is 0.505 e. The Labute approximate surface area is 191 Å². The molecule has 6 nitrogen and oxygen atoms in total. The normalized spacial score (nSPS) is 12.8. The van der Waals surface area contributed by atoms with Gasteiger partial charge in [-0.3, -0.25) is 4.79 Å². The summed E-state index contributed by atoms with van der Waals surface area (Å²) in [5.41, 5.74) is 3.58. The fraction of sp³-hybridized carbons (Fsp3) is 0.240. The highest BCUT2D eigenvalue weighted by Crippen LogP contribution is 2.41. The molecule has 4 aromatic rings.